The molecule has 1 atom stereocenters. The number of aryl methyl sites for hydroxylation is 2. The van der Waals surface area contributed by atoms with Gasteiger partial charge >= 0.3 is 0 Å². The zero-order chi connectivity index (χ0) is 14.5. The van der Waals surface area contributed by atoms with Crippen LogP contribution in [-0.4, -0.2) is 43.3 Å². The largest absolute Gasteiger partial charge is 0.378 e. The van der Waals surface area contributed by atoms with Gasteiger partial charge in [0.15, 0.2) is 0 Å². The molecule has 1 saturated heterocycles. The maximum Gasteiger partial charge on any atom is 0.0635 e. The van der Waals surface area contributed by atoms with Crippen molar-refractivity contribution >= 4 is 0 Å². The van der Waals surface area contributed by atoms with Gasteiger partial charge in [-0.1, -0.05) is 32.0 Å². The van der Waals surface area contributed by atoms with E-state index in [4.69, 9.17) is 4.74 Å². The molecule has 1 aliphatic heterocycles. The van der Waals surface area contributed by atoms with Crippen LogP contribution in [-0.2, 0) is 11.3 Å². The molecular weight excluding hydrogens is 248 g/mol. The van der Waals surface area contributed by atoms with Crippen molar-refractivity contribution in [2.24, 2.45) is 0 Å². The lowest BCUT2D eigenvalue weighted by atomic mass is 10.0. The van der Waals surface area contributed by atoms with Crippen LogP contribution in [0.25, 0.3) is 0 Å². The van der Waals surface area contributed by atoms with E-state index in [9.17, 15) is 0 Å². The van der Waals surface area contributed by atoms with E-state index >= 15 is 0 Å². The van der Waals surface area contributed by atoms with E-state index in [1.807, 2.05) is 0 Å². The zero-order valence-corrected chi connectivity index (χ0v) is 13.3. The number of nitrogens with one attached hydrogen (secondary N) is 1. The number of rotatable bonds is 5. The minimum absolute atomic E-state index is 0.477. The van der Waals surface area contributed by atoms with Crippen LogP contribution in [0.5, 0.6) is 0 Å². The summed E-state index contributed by atoms with van der Waals surface area (Å²) in [5.74, 6) is 0. The van der Waals surface area contributed by atoms with Crippen LogP contribution in [0.4, 0.5) is 0 Å². The zero-order valence-electron chi connectivity index (χ0n) is 13.3. The molecule has 0 bridgehead atoms. The molecule has 0 amide bonds. The van der Waals surface area contributed by atoms with Gasteiger partial charge in [-0.05, 0) is 30.5 Å². The highest BCUT2D eigenvalue weighted by Crippen LogP contribution is 2.18. The van der Waals surface area contributed by atoms with E-state index in [1.54, 1.807) is 0 Å². The highest BCUT2D eigenvalue weighted by molar-refractivity contribution is 5.33. The van der Waals surface area contributed by atoms with Crippen LogP contribution >= 0.6 is 0 Å². The van der Waals surface area contributed by atoms with E-state index in [0.29, 0.717) is 12.1 Å². The molecule has 0 radical (unpaired) electrons. The molecule has 0 spiro atoms. The maximum atomic E-state index is 5.66. The quantitative estimate of drug-likeness (QED) is 0.894. The summed E-state index contributed by atoms with van der Waals surface area (Å²) in [6.07, 6.45) is 0. The van der Waals surface area contributed by atoms with Gasteiger partial charge in [0.05, 0.1) is 13.2 Å². The van der Waals surface area contributed by atoms with Crippen LogP contribution in [0, 0.1) is 13.8 Å². The third kappa shape index (κ3) is 4.05. The third-order valence-electron chi connectivity index (χ3n) is 4.12. The van der Waals surface area contributed by atoms with Gasteiger partial charge in [0.1, 0.15) is 0 Å². The highest BCUT2D eigenvalue weighted by atomic mass is 16.5. The lowest BCUT2D eigenvalue weighted by Crippen LogP contribution is -2.50. The van der Waals surface area contributed by atoms with E-state index in [0.717, 1.165) is 32.8 Å². The molecule has 20 heavy (non-hydrogen) atoms. The van der Waals surface area contributed by atoms with Crippen LogP contribution in [0.1, 0.15) is 30.5 Å². The Morgan fingerprint density at radius 1 is 1.30 bits per heavy atom. The van der Waals surface area contributed by atoms with Gasteiger partial charge in [-0.3, -0.25) is 4.90 Å². The molecule has 1 aromatic rings. The molecule has 3 heteroatoms. The molecule has 1 unspecified atom stereocenters. The van der Waals surface area contributed by atoms with Crippen molar-refractivity contribution in [3.8, 4) is 0 Å². The first-order valence-corrected chi connectivity index (χ1v) is 7.68. The molecule has 2 rings (SSSR count). The fourth-order valence-electron chi connectivity index (χ4n) is 2.76. The molecule has 1 fully saturated rings. The number of benzene rings is 1. The Balaban J connectivity index is 2.04. The van der Waals surface area contributed by atoms with Gasteiger partial charge in [0.25, 0.3) is 0 Å². The van der Waals surface area contributed by atoms with Gasteiger partial charge in [-0.15, -0.1) is 0 Å². The molecule has 0 saturated carbocycles. The molecular formula is C17H28N2O. The van der Waals surface area contributed by atoms with Gasteiger partial charge < -0.3 is 10.1 Å². The highest BCUT2D eigenvalue weighted by Gasteiger charge is 2.23. The summed E-state index contributed by atoms with van der Waals surface area (Å²) in [4.78, 5) is 2.56. The first kappa shape index (κ1) is 15.5. The van der Waals surface area contributed by atoms with Crippen molar-refractivity contribution in [3.05, 3.63) is 34.9 Å². The number of nitrogens with zero attached hydrogens (tertiary/aromatic N) is 1. The first-order valence-electron chi connectivity index (χ1n) is 7.68. The van der Waals surface area contributed by atoms with E-state index in [2.05, 4.69) is 56.1 Å². The summed E-state index contributed by atoms with van der Waals surface area (Å²) in [5.41, 5.74) is 4.27. The van der Waals surface area contributed by atoms with Gasteiger partial charge in [0.2, 0.25) is 0 Å². The van der Waals surface area contributed by atoms with Crippen molar-refractivity contribution in [1.82, 2.24) is 10.2 Å². The van der Waals surface area contributed by atoms with Crippen LogP contribution < -0.4 is 5.32 Å². The van der Waals surface area contributed by atoms with E-state index in [-0.39, 0.29) is 0 Å². The summed E-state index contributed by atoms with van der Waals surface area (Å²) in [7, 11) is 0. The summed E-state index contributed by atoms with van der Waals surface area (Å²) >= 11 is 0. The van der Waals surface area contributed by atoms with Crippen LogP contribution in [0.2, 0.25) is 0 Å². The molecule has 112 valence electrons. The fourth-order valence-corrected chi connectivity index (χ4v) is 2.76. The van der Waals surface area contributed by atoms with Gasteiger partial charge in [0, 0.05) is 31.7 Å². The van der Waals surface area contributed by atoms with Crippen LogP contribution in [0.15, 0.2) is 18.2 Å². The normalized spacial score (nSPS) is 20.6. The smallest absolute Gasteiger partial charge is 0.0635 e. The minimum Gasteiger partial charge on any atom is -0.378 e. The number of ether oxygens (including phenoxy) is 1. The number of hydrogen-bond acceptors (Lipinski definition) is 3. The fraction of sp³-hybridized carbons (Fsp3) is 0.647. The summed E-state index contributed by atoms with van der Waals surface area (Å²) in [5, 5.41) is 3.54. The van der Waals surface area contributed by atoms with Gasteiger partial charge in [-0.25, -0.2) is 0 Å². The first-order chi connectivity index (χ1) is 9.58. The Kier molecular flexibility index (Phi) is 5.58. The predicted molar refractivity (Wildman–Crippen MR) is 84.1 cm³/mol. The standard InChI is InChI=1S/C17H28N2O/c1-13(2)18-10-16-12-20-9-8-19(16)11-17-14(3)6-5-7-15(17)4/h5-7,13,16,18H,8-12H2,1-4H3. The van der Waals surface area contributed by atoms with Gasteiger partial charge in [-0.2, -0.15) is 0 Å². The van der Waals surface area contributed by atoms with Crippen molar-refractivity contribution < 1.29 is 4.74 Å². The topological polar surface area (TPSA) is 24.5 Å². The molecule has 1 aromatic carbocycles. The Morgan fingerprint density at radius 3 is 2.65 bits per heavy atom. The average molecular weight is 276 g/mol. The monoisotopic (exact) mass is 276 g/mol. The molecule has 1 aliphatic rings. The second kappa shape index (κ2) is 7.21. The molecule has 3 nitrogen and oxygen atoms in total. The number of hydrogen-bond donors (Lipinski definition) is 1. The Bertz CT molecular complexity index is 411. The Labute approximate surface area is 123 Å². The summed E-state index contributed by atoms with van der Waals surface area (Å²) < 4.78 is 5.66. The third-order valence-corrected chi connectivity index (χ3v) is 4.12. The second-order valence-corrected chi connectivity index (χ2v) is 6.13. The molecule has 0 aromatic heterocycles. The summed E-state index contributed by atoms with van der Waals surface area (Å²) in [6, 6.07) is 7.57. The minimum atomic E-state index is 0.477. The molecule has 1 heterocycles. The molecule has 0 aliphatic carbocycles. The van der Waals surface area contributed by atoms with Crippen molar-refractivity contribution in [3.63, 3.8) is 0 Å². The lowest BCUT2D eigenvalue weighted by molar-refractivity contribution is -0.0116. The maximum absolute atomic E-state index is 5.66. The van der Waals surface area contributed by atoms with Crippen molar-refractivity contribution in [2.45, 2.75) is 46.3 Å². The second-order valence-electron chi connectivity index (χ2n) is 6.13. The lowest BCUT2D eigenvalue weighted by Gasteiger charge is -2.36. The number of morpholine rings is 1. The molecule has 1 N–H and O–H groups in total. The SMILES string of the molecule is Cc1cccc(C)c1CN1CCOCC1CNC(C)C. The summed E-state index contributed by atoms with van der Waals surface area (Å²) in [6.45, 7) is 13.6. The predicted octanol–water partition coefficient (Wildman–Crippen LogP) is 2.50. The Hall–Kier alpha value is -0.900. The van der Waals surface area contributed by atoms with Crippen molar-refractivity contribution in [1.29, 1.82) is 0 Å². The van der Waals surface area contributed by atoms with Crippen molar-refractivity contribution in [2.75, 3.05) is 26.3 Å². The van der Waals surface area contributed by atoms with E-state index < -0.39 is 0 Å². The Morgan fingerprint density at radius 2 is 2.00 bits per heavy atom. The van der Waals surface area contributed by atoms with Crippen LogP contribution in [0.3, 0.4) is 0 Å². The van der Waals surface area contributed by atoms with E-state index in [1.165, 1.54) is 16.7 Å². The average Bonchev–Trinajstić information content (AvgIpc) is 2.42.